The molecule has 2 aromatic heterocycles. The lowest BCUT2D eigenvalue weighted by atomic mass is 10.2. The van der Waals surface area contributed by atoms with Gasteiger partial charge < -0.3 is 4.55 Å². The van der Waals surface area contributed by atoms with Crippen LogP contribution in [0.3, 0.4) is 0 Å². The molecule has 0 aliphatic rings. The van der Waals surface area contributed by atoms with Crippen molar-refractivity contribution in [2.75, 3.05) is 6.26 Å². The summed E-state index contributed by atoms with van der Waals surface area (Å²) in [7, 11) is 0. The summed E-state index contributed by atoms with van der Waals surface area (Å²) >= 11 is -1.26. The van der Waals surface area contributed by atoms with Crippen molar-refractivity contribution in [3.8, 4) is 5.69 Å². The van der Waals surface area contributed by atoms with Gasteiger partial charge in [-0.3, -0.25) is 14.3 Å². The first kappa shape index (κ1) is 14.7. The fraction of sp³-hybridized carbons (Fsp3) is 0.188. The molecule has 6 heteroatoms. The first-order valence-electron chi connectivity index (χ1n) is 6.92. The minimum atomic E-state index is -1.26. The Labute approximate surface area is 130 Å². The van der Waals surface area contributed by atoms with Crippen molar-refractivity contribution in [3.63, 3.8) is 0 Å². The molecule has 5 nitrogen and oxygen atoms in total. The Kier molecular flexibility index (Phi) is 3.96. The van der Waals surface area contributed by atoms with Gasteiger partial charge in [0.05, 0.1) is 17.4 Å². The number of pyridine rings is 1. The van der Waals surface area contributed by atoms with Crippen LogP contribution in [0.2, 0.25) is 0 Å². The van der Waals surface area contributed by atoms with Crippen molar-refractivity contribution in [1.82, 2.24) is 14.5 Å². The highest BCUT2D eigenvalue weighted by Crippen LogP contribution is 2.20. The maximum absolute atomic E-state index is 13.0. The molecule has 112 valence electrons. The highest BCUT2D eigenvalue weighted by atomic mass is 32.2. The van der Waals surface area contributed by atoms with Crippen molar-refractivity contribution in [3.05, 3.63) is 58.9 Å². The second kappa shape index (κ2) is 5.90. The van der Waals surface area contributed by atoms with E-state index in [0.717, 1.165) is 0 Å². The first-order valence-corrected chi connectivity index (χ1v) is 8.47. The van der Waals surface area contributed by atoms with Gasteiger partial charge in [0, 0.05) is 12.6 Å². The number of hydrogen-bond donors (Lipinski definition) is 0. The summed E-state index contributed by atoms with van der Waals surface area (Å²) in [6, 6.07) is 8.85. The van der Waals surface area contributed by atoms with Gasteiger partial charge in [-0.15, -0.1) is 0 Å². The third-order valence-corrected chi connectivity index (χ3v) is 4.42. The van der Waals surface area contributed by atoms with Crippen molar-refractivity contribution in [1.29, 1.82) is 0 Å². The average molecular weight is 313 g/mol. The van der Waals surface area contributed by atoms with Gasteiger partial charge in [-0.1, -0.05) is 13.0 Å². The lowest BCUT2D eigenvalue weighted by Gasteiger charge is -2.13. The fourth-order valence-electron chi connectivity index (χ4n) is 2.47. The van der Waals surface area contributed by atoms with E-state index in [1.165, 1.54) is 0 Å². The van der Waals surface area contributed by atoms with Gasteiger partial charge in [0.25, 0.3) is 5.56 Å². The maximum atomic E-state index is 13.0. The Bertz CT molecular complexity index is 876. The number of fused-ring (bicyclic) bond motifs is 1. The van der Waals surface area contributed by atoms with E-state index >= 15 is 0 Å². The molecule has 0 aliphatic carbocycles. The molecule has 0 saturated heterocycles. The molecular formula is C16H15N3O2S. The summed E-state index contributed by atoms with van der Waals surface area (Å²) in [5, 5.41) is 0.407. The van der Waals surface area contributed by atoms with E-state index in [0.29, 0.717) is 33.7 Å². The predicted octanol–water partition coefficient (Wildman–Crippen LogP) is 2.08. The molecule has 0 fully saturated rings. The zero-order valence-electron chi connectivity index (χ0n) is 12.3. The lowest BCUT2D eigenvalue weighted by molar-refractivity contribution is 0.601. The predicted molar refractivity (Wildman–Crippen MR) is 86.8 cm³/mol. The topological polar surface area (TPSA) is 70.8 Å². The highest BCUT2D eigenvalue weighted by molar-refractivity contribution is 7.91. The first-order chi connectivity index (χ1) is 10.6. The Morgan fingerprint density at radius 1 is 1.27 bits per heavy atom. The molecule has 1 unspecified atom stereocenters. The van der Waals surface area contributed by atoms with E-state index in [1.54, 1.807) is 47.5 Å². The average Bonchev–Trinajstić information content (AvgIpc) is 2.54. The smallest absolute Gasteiger partial charge is 0.271 e. The standard InChI is InChI=1S/C16H15N3O2S/c1-3-14-18-12-7-4-8-13(22(2)21)15(12)16(20)19(14)11-6-5-9-17-10-11/h4-10H,3H2,1-2H3. The van der Waals surface area contributed by atoms with Crippen molar-refractivity contribution < 1.29 is 4.55 Å². The van der Waals surface area contributed by atoms with Gasteiger partial charge in [-0.05, 0) is 35.4 Å². The highest BCUT2D eigenvalue weighted by Gasteiger charge is 2.18. The zero-order valence-corrected chi connectivity index (χ0v) is 13.1. The van der Waals surface area contributed by atoms with Crippen LogP contribution in [0, 0.1) is 0 Å². The number of benzene rings is 1. The van der Waals surface area contributed by atoms with Crippen molar-refractivity contribution >= 4 is 22.1 Å². The summed E-state index contributed by atoms with van der Waals surface area (Å²) in [6.45, 7) is 1.95. The molecule has 0 N–H and O–H groups in total. The molecule has 0 amide bonds. The number of hydrogen-bond acceptors (Lipinski definition) is 4. The summed E-state index contributed by atoms with van der Waals surface area (Å²) in [5.74, 6) is 0.657. The van der Waals surface area contributed by atoms with Gasteiger partial charge in [0.15, 0.2) is 4.90 Å². The molecule has 0 bridgehead atoms. The molecule has 22 heavy (non-hydrogen) atoms. The summed E-state index contributed by atoms with van der Waals surface area (Å²) in [6.07, 6.45) is 5.45. The van der Waals surface area contributed by atoms with E-state index in [2.05, 4.69) is 9.97 Å². The van der Waals surface area contributed by atoms with Crippen LogP contribution in [0.15, 0.2) is 52.4 Å². The summed E-state index contributed by atoms with van der Waals surface area (Å²) < 4.78 is 13.5. The molecule has 3 rings (SSSR count). The van der Waals surface area contributed by atoms with E-state index < -0.39 is 11.2 Å². The molecule has 2 heterocycles. The zero-order chi connectivity index (χ0) is 15.7. The van der Waals surface area contributed by atoms with Crippen LogP contribution in [-0.2, 0) is 17.6 Å². The second-order valence-corrected chi connectivity index (χ2v) is 6.19. The molecule has 1 atom stereocenters. The van der Waals surface area contributed by atoms with Gasteiger partial charge >= 0.3 is 0 Å². The molecule has 0 radical (unpaired) electrons. The number of rotatable bonds is 3. The van der Waals surface area contributed by atoms with Crippen molar-refractivity contribution in [2.45, 2.75) is 18.2 Å². The van der Waals surface area contributed by atoms with Crippen LogP contribution in [-0.4, -0.2) is 25.3 Å². The third kappa shape index (κ3) is 2.40. The van der Waals surface area contributed by atoms with Crippen LogP contribution in [0.1, 0.15) is 12.7 Å². The molecule has 3 aromatic rings. The van der Waals surface area contributed by atoms with Crippen LogP contribution < -0.4 is 5.56 Å². The monoisotopic (exact) mass is 313 g/mol. The second-order valence-electron chi connectivity index (χ2n) is 4.84. The third-order valence-electron chi connectivity index (χ3n) is 3.46. The molecular weight excluding hydrogens is 298 g/mol. The van der Waals surface area contributed by atoms with Crippen LogP contribution in [0.5, 0.6) is 0 Å². The van der Waals surface area contributed by atoms with Gasteiger partial charge in [-0.2, -0.15) is 0 Å². The lowest BCUT2D eigenvalue weighted by Crippen LogP contribution is -2.25. The Hall–Kier alpha value is -2.18. The van der Waals surface area contributed by atoms with Crippen LogP contribution in [0.4, 0.5) is 0 Å². The Morgan fingerprint density at radius 2 is 2.09 bits per heavy atom. The van der Waals surface area contributed by atoms with Crippen molar-refractivity contribution in [2.24, 2.45) is 0 Å². The number of aryl methyl sites for hydroxylation is 1. The van der Waals surface area contributed by atoms with Gasteiger partial charge in [-0.25, -0.2) is 4.98 Å². The Balaban J connectivity index is 2.44. The summed E-state index contributed by atoms with van der Waals surface area (Å²) in [5.41, 5.74) is 1.03. The van der Waals surface area contributed by atoms with Crippen LogP contribution in [0.25, 0.3) is 16.6 Å². The molecule has 0 aliphatic heterocycles. The SMILES string of the molecule is CCc1nc2cccc([S+](C)[O-])c2c(=O)n1-c1cccnc1. The Morgan fingerprint density at radius 3 is 2.73 bits per heavy atom. The van der Waals surface area contributed by atoms with Crippen LogP contribution >= 0.6 is 0 Å². The molecule has 0 saturated carbocycles. The van der Waals surface area contributed by atoms with E-state index in [9.17, 15) is 9.35 Å². The molecule has 1 aromatic carbocycles. The van der Waals surface area contributed by atoms with E-state index in [4.69, 9.17) is 0 Å². The fourth-order valence-corrected chi connectivity index (χ4v) is 3.22. The van der Waals surface area contributed by atoms with Gasteiger partial charge in [0.2, 0.25) is 0 Å². The normalized spacial score (nSPS) is 12.5. The van der Waals surface area contributed by atoms with E-state index in [-0.39, 0.29) is 5.56 Å². The quantitative estimate of drug-likeness (QED) is 0.694. The maximum Gasteiger partial charge on any atom is 0.271 e. The minimum Gasteiger partial charge on any atom is -0.612 e. The number of aromatic nitrogens is 3. The minimum absolute atomic E-state index is 0.208. The summed E-state index contributed by atoms with van der Waals surface area (Å²) in [4.78, 5) is 22.1. The van der Waals surface area contributed by atoms with E-state index in [1.807, 2.05) is 13.0 Å². The number of nitrogens with zero attached hydrogens (tertiary/aromatic N) is 3. The largest absolute Gasteiger partial charge is 0.612 e. The molecule has 0 spiro atoms. The van der Waals surface area contributed by atoms with Gasteiger partial charge in [0.1, 0.15) is 17.5 Å².